The zero-order valence-corrected chi connectivity index (χ0v) is 35.6. The summed E-state index contributed by atoms with van der Waals surface area (Å²) >= 11 is 0. The molecule has 0 bridgehead atoms. The smallest absolute Gasteiger partial charge is 0.0522 e. The van der Waals surface area contributed by atoms with Gasteiger partial charge >= 0.3 is 0 Å². The Morgan fingerprint density at radius 3 is 2.29 bits per heavy atom. The largest absolute Gasteiger partial charge is 0.322 e. The van der Waals surface area contributed by atoms with Gasteiger partial charge in [-0.3, -0.25) is 0 Å². The van der Waals surface area contributed by atoms with Crippen LogP contribution in [-0.2, 0) is 11.8 Å². The molecule has 0 fully saturated rings. The summed E-state index contributed by atoms with van der Waals surface area (Å²) in [6.07, 6.45) is 47.6. The second kappa shape index (κ2) is 16.4. The Bertz CT molecular complexity index is 2820. The van der Waals surface area contributed by atoms with Crippen LogP contribution in [0.15, 0.2) is 230 Å². The molecule has 0 spiro atoms. The summed E-state index contributed by atoms with van der Waals surface area (Å²) in [5.41, 5.74) is 15.2. The van der Waals surface area contributed by atoms with Gasteiger partial charge in [-0.2, -0.15) is 0 Å². The lowest BCUT2D eigenvalue weighted by molar-refractivity contribution is 0.424. The van der Waals surface area contributed by atoms with Crippen LogP contribution in [0.3, 0.4) is 0 Å². The molecule has 0 aliphatic heterocycles. The number of rotatable bonds is 10. The van der Waals surface area contributed by atoms with E-state index in [0.717, 1.165) is 44.9 Å². The third-order valence-corrected chi connectivity index (χ3v) is 14.9. The summed E-state index contributed by atoms with van der Waals surface area (Å²) < 4.78 is 0. The van der Waals surface area contributed by atoms with Gasteiger partial charge in [0.15, 0.2) is 0 Å². The molecular formula is C61H55N. The molecule has 0 saturated carbocycles. The zero-order chi connectivity index (χ0) is 41.5. The van der Waals surface area contributed by atoms with Crippen molar-refractivity contribution in [2.45, 2.75) is 56.3 Å². The summed E-state index contributed by atoms with van der Waals surface area (Å²) in [6, 6.07) is 38.8. The van der Waals surface area contributed by atoms with Crippen molar-refractivity contribution < 1.29 is 0 Å². The van der Waals surface area contributed by atoms with Crippen LogP contribution >= 0.6 is 0 Å². The van der Waals surface area contributed by atoms with Crippen molar-refractivity contribution in [2.75, 3.05) is 0 Å². The molecule has 4 aromatic carbocycles. The second-order valence-electron chi connectivity index (χ2n) is 18.0. The number of hydrogen-bond acceptors (Lipinski definition) is 1. The minimum atomic E-state index is -0.300. The summed E-state index contributed by atoms with van der Waals surface area (Å²) in [5, 5.41) is 2.77. The molecule has 304 valence electrons. The summed E-state index contributed by atoms with van der Waals surface area (Å²) in [6.45, 7) is 4.37. The van der Waals surface area contributed by atoms with Gasteiger partial charge in [0.25, 0.3) is 0 Å². The highest BCUT2D eigenvalue weighted by Gasteiger charge is 2.54. The van der Waals surface area contributed by atoms with Gasteiger partial charge in [0, 0.05) is 47.2 Å². The lowest BCUT2D eigenvalue weighted by atomic mass is 9.62. The maximum absolute atomic E-state index is 4.37. The van der Waals surface area contributed by atoms with E-state index in [1.165, 1.54) is 66.4 Å². The lowest BCUT2D eigenvalue weighted by Crippen LogP contribution is -2.36. The monoisotopic (exact) mass is 801 g/mol. The number of fused-ring (bicyclic) bond motifs is 5. The van der Waals surface area contributed by atoms with E-state index in [-0.39, 0.29) is 11.3 Å². The van der Waals surface area contributed by atoms with Crippen LogP contribution in [-0.4, -0.2) is 4.90 Å². The average molecular weight is 802 g/mol. The molecule has 0 radical (unpaired) electrons. The fourth-order valence-corrected chi connectivity index (χ4v) is 11.9. The van der Waals surface area contributed by atoms with Gasteiger partial charge in [0.2, 0.25) is 0 Å². The van der Waals surface area contributed by atoms with Crippen molar-refractivity contribution in [1.29, 1.82) is 0 Å². The maximum Gasteiger partial charge on any atom is 0.0522 e. The molecule has 7 aliphatic rings. The standard InChI is InChI=1S/C61H55N/c1-2-43(53-28-15-19-45-17-9-11-25-54(45)53)20-16-40-62(51-36-34-44(35-37-51)48-33-32-47-31-30-46-18-10-12-26-55(46)58(47)41-48)52-38-39-57-56-27-13-14-29-59(56)61(60(57)42-52,49-21-5-3-6-22-49)50-23-7-4-8-24-50/h2-14,16-18,21-29,31-34,36-37,40-44,46,56,59H,1,15,19-20,30,35,38-39H2/b40-16+. The third kappa shape index (κ3) is 6.61. The Balaban J connectivity index is 0.986. The van der Waals surface area contributed by atoms with Crippen LogP contribution in [0.5, 0.6) is 0 Å². The Morgan fingerprint density at radius 2 is 1.48 bits per heavy atom. The molecule has 62 heavy (non-hydrogen) atoms. The third-order valence-electron chi connectivity index (χ3n) is 14.9. The minimum absolute atomic E-state index is 0.248. The van der Waals surface area contributed by atoms with E-state index < -0.39 is 0 Å². The van der Waals surface area contributed by atoms with Crippen molar-refractivity contribution in [3.8, 4) is 0 Å². The number of allylic oxidation sites excluding steroid dienone is 19. The number of aryl methyl sites for hydroxylation is 1. The van der Waals surface area contributed by atoms with Crippen LogP contribution in [0.1, 0.15) is 72.3 Å². The summed E-state index contributed by atoms with van der Waals surface area (Å²) in [7, 11) is 0. The van der Waals surface area contributed by atoms with Crippen LogP contribution in [0.25, 0.3) is 17.2 Å². The molecule has 4 aromatic rings. The molecule has 7 aliphatic carbocycles. The molecule has 0 heterocycles. The molecule has 0 amide bonds. The highest BCUT2D eigenvalue weighted by Crippen LogP contribution is 2.61. The molecule has 0 saturated heterocycles. The Morgan fingerprint density at radius 1 is 0.710 bits per heavy atom. The normalized spacial score (nSPS) is 24.2. The highest BCUT2D eigenvalue weighted by atomic mass is 15.1. The van der Waals surface area contributed by atoms with Crippen molar-refractivity contribution in [2.24, 2.45) is 23.7 Å². The van der Waals surface area contributed by atoms with E-state index in [9.17, 15) is 0 Å². The van der Waals surface area contributed by atoms with Crippen LogP contribution < -0.4 is 10.4 Å². The molecule has 5 atom stereocenters. The van der Waals surface area contributed by atoms with Gasteiger partial charge in [-0.1, -0.05) is 194 Å². The van der Waals surface area contributed by atoms with Crippen molar-refractivity contribution >= 4 is 17.2 Å². The molecule has 0 N–H and O–H groups in total. The Hall–Kier alpha value is -6.44. The highest BCUT2D eigenvalue weighted by molar-refractivity contribution is 5.73. The first-order valence-electron chi connectivity index (χ1n) is 23.0. The summed E-state index contributed by atoms with van der Waals surface area (Å²) in [5.74, 6) is 1.74. The predicted molar refractivity (Wildman–Crippen MR) is 260 cm³/mol. The van der Waals surface area contributed by atoms with E-state index in [4.69, 9.17) is 0 Å². The second-order valence-corrected chi connectivity index (χ2v) is 18.0. The van der Waals surface area contributed by atoms with Gasteiger partial charge in [-0.15, -0.1) is 6.58 Å². The first kappa shape index (κ1) is 38.5. The van der Waals surface area contributed by atoms with Crippen LogP contribution in [0, 0.1) is 23.7 Å². The van der Waals surface area contributed by atoms with Crippen LogP contribution in [0.4, 0.5) is 0 Å². The predicted octanol–water partition coefficient (Wildman–Crippen LogP) is 13.1. The van der Waals surface area contributed by atoms with Crippen LogP contribution in [0.2, 0.25) is 0 Å². The van der Waals surface area contributed by atoms with E-state index >= 15 is 0 Å². The van der Waals surface area contributed by atoms with Gasteiger partial charge in [-0.05, 0) is 112 Å². The van der Waals surface area contributed by atoms with Gasteiger partial charge < -0.3 is 4.90 Å². The number of benzene rings is 4. The number of hydrogen-bond donors (Lipinski definition) is 0. The molecule has 1 nitrogen and oxygen atoms in total. The fraction of sp³-hybridized carbons (Fsp3) is 0.213. The summed E-state index contributed by atoms with van der Waals surface area (Å²) in [4.78, 5) is 2.54. The lowest BCUT2D eigenvalue weighted by Gasteiger charge is -2.40. The van der Waals surface area contributed by atoms with Gasteiger partial charge in [-0.25, -0.2) is 0 Å². The van der Waals surface area contributed by atoms with Gasteiger partial charge in [0.05, 0.1) is 5.41 Å². The first-order chi connectivity index (χ1) is 30.7. The molecule has 1 heteroatoms. The first-order valence-corrected chi connectivity index (χ1v) is 23.0. The average Bonchev–Trinajstić information content (AvgIpc) is 3.65. The van der Waals surface area contributed by atoms with Gasteiger partial charge in [0.1, 0.15) is 0 Å². The fourth-order valence-electron chi connectivity index (χ4n) is 11.9. The molecule has 0 aromatic heterocycles. The Kier molecular flexibility index (Phi) is 10.2. The molecular weight excluding hydrogens is 747 g/mol. The van der Waals surface area contributed by atoms with E-state index in [1.54, 1.807) is 5.57 Å². The quantitative estimate of drug-likeness (QED) is 0.144. The van der Waals surface area contributed by atoms with Crippen molar-refractivity contribution in [3.05, 3.63) is 268 Å². The minimum Gasteiger partial charge on any atom is -0.322 e. The molecule has 5 unspecified atom stereocenters. The zero-order valence-electron chi connectivity index (χ0n) is 35.6. The van der Waals surface area contributed by atoms with E-state index in [0.29, 0.717) is 23.7 Å². The number of nitrogens with zero attached hydrogens (tertiary/aromatic N) is 1. The maximum atomic E-state index is 4.37. The SMILES string of the molecule is C=CC(C/C=C/N(C1=CCC(c2ccc3c(c2)=C2C=CC=CC2CC=3)C=C1)C1=CC2=C(CC1)C1C=CC=CC1C2(c1ccccc1)c1ccccc1)C1=CCCc2ccccc21. The van der Waals surface area contributed by atoms with Crippen molar-refractivity contribution in [3.63, 3.8) is 0 Å². The van der Waals surface area contributed by atoms with E-state index in [2.05, 4.69) is 218 Å². The Labute approximate surface area is 368 Å². The molecule has 11 rings (SSSR count). The van der Waals surface area contributed by atoms with Crippen molar-refractivity contribution in [1.82, 2.24) is 4.90 Å². The van der Waals surface area contributed by atoms with E-state index in [1.807, 2.05) is 0 Å². The topological polar surface area (TPSA) is 3.24 Å².